The first-order chi connectivity index (χ1) is 10.9. The van der Waals surface area contributed by atoms with E-state index in [2.05, 4.69) is 15.3 Å². The number of nitrogens with zero attached hydrogens (tertiary/aromatic N) is 2. The molecule has 0 aliphatic heterocycles. The Bertz CT molecular complexity index is 920. The van der Waals surface area contributed by atoms with Crippen molar-refractivity contribution < 1.29 is 8.42 Å². The molecule has 0 bridgehead atoms. The first-order valence-corrected chi connectivity index (χ1v) is 9.08. The highest BCUT2D eigenvalue weighted by Crippen LogP contribution is 2.34. The second-order valence-corrected chi connectivity index (χ2v) is 7.40. The lowest BCUT2D eigenvalue weighted by Crippen LogP contribution is -2.11. The summed E-state index contributed by atoms with van der Waals surface area (Å²) in [4.78, 5) is 9.73. The molecule has 0 radical (unpaired) electrons. The minimum Gasteiger partial charge on any atom is -0.316 e. The van der Waals surface area contributed by atoms with Gasteiger partial charge in [-0.3, -0.25) is 0 Å². The van der Waals surface area contributed by atoms with Crippen molar-refractivity contribution in [3.05, 3.63) is 54.4 Å². The lowest BCUT2D eigenvalue weighted by molar-refractivity contribution is 0.598. The molecule has 0 spiro atoms. The van der Waals surface area contributed by atoms with Crippen LogP contribution >= 0.6 is 11.3 Å². The molecule has 6 nitrogen and oxygen atoms in total. The fourth-order valence-electron chi connectivity index (χ4n) is 2.06. The van der Waals surface area contributed by atoms with Crippen LogP contribution in [0.1, 0.15) is 5.69 Å². The summed E-state index contributed by atoms with van der Waals surface area (Å²) in [6, 6.07) is 12.0. The van der Waals surface area contributed by atoms with E-state index in [1.165, 1.54) is 23.5 Å². The van der Waals surface area contributed by atoms with E-state index in [1.807, 2.05) is 25.1 Å². The molecule has 2 aromatic heterocycles. The number of nitrogens with two attached hydrogens (primary N) is 1. The second-order valence-electron chi connectivity index (χ2n) is 4.84. The van der Waals surface area contributed by atoms with Crippen LogP contribution in [-0.4, -0.2) is 18.4 Å². The van der Waals surface area contributed by atoms with Crippen LogP contribution in [0.15, 0.2) is 53.6 Å². The van der Waals surface area contributed by atoms with Gasteiger partial charge in [-0.15, -0.1) is 0 Å². The Morgan fingerprint density at radius 1 is 1.13 bits per heavy atom. The van der Waals surface area contributed by atoms with Crippen molar-refractivity contribution in [3.63, 3.8) is 0 Å². The third-order valence-corrected chi connectivity index (χ3v) is 5.19. The first-order valence-electron chi connectivity index (χ1n) is 6.72. The Balaban J connectivity index is 1.89. The Kier molecular flexibility index (Phi) is 4.12. The van der Waals surface area contributed by atoms with Crippen molar-refractivity contribution in [3.8, 4) is 10.4 Å². The summed E-state index contributed by atoms with van der Waals surface area (Å²) in [6.45, 7) is 1.91. The van der Waals surface area contributed by atoms with Gasteiger partial charge in [-0.1, -0.05) is 29.5 Å². The number of sulfonamides is 1. The standard InChI is InChI=1S/C15H14N4O2S2/c1-10-14(11-5-7-12(8-6-11)23(16,20)21)22-15(18-10)19-13-4-2-3-9-17-13/h2-9H,1H3,(H2,16,20,21)(H,17,18,19). The first kappa shape index (κ1) is 15.6. The number of pyridine rings is 1. The van der Waals surface area contributed by atoms with Crippen molar-refractivity contribution in [1.82, 2.24) is 9.97 Å². The van der Waals surface area contributed by atoms with Crippen LogP contribution in [0.3, 0.4) is 0 Å². The van der Waals surface area contributed by atoms with E-state index in [0.29, 0.717) is 0 Å². The Morgan fingerprint density at radius 3 is 2.48 bits per heavy atom. The zero-order valence-electron chi connectivity index (χ0n) is 12.2. The third kappa shape index (κ3) is 3.55. The number of primary sulfonamides is 1. The Labute approximate surface area is 138 Å². The van der Waals surface area contributed by atoms with Crippen LogP contribution in [0.25, 0.3) is 10.4 Å². The number of nitrogens with one attached hydrogen (secondary N) is 1. The quantitative estimate of drug-likeness (QED) is 0.757. The molecule has 0 saturated carbocycles. The number of hydrogen-bond acceptors (Lipinski definition) is 6. The Hall–Kier alpha value is -2.29. The van der Waals surface area contributed by atoms with Crippen LogP contribution in [-0.2, 0) is 10.0 Å². The van der Waals surface area contributed by atoms with Gasteiger partial charge in [-0.2, -0.15) is 0 Å². The smallest absolute Gasteiger partial charge is 0.238 e. The number of benzene rings is 1. The van der Waals surface area contributed by atoms with Gasteiger partial charge in [0.05, 0.1) is 15.5 Å². The molecular formula is C15H14N4O2S2. The van der Waals surface area contributed by atoms with Crippen molar-refractivity contribution in [2.75, 3.05) is 5.32 Å². The summed E-state index contributed by atoms with van der Waals surface area (Å²) in [7, 11) is -3.68. The Morgan fingerprint density at radius 2 is 1.87 bits per heavy atom. The van der Waals surface area contributed by atoms with Crippen LogP contribution in [0.4, 0.5) is 10.9 Å². The second kappa shape index (κ2) is 6.07. The maximum absolute atomic E-state index is 11.3. The molecule has 0 amide bonds. The molecule has 1 aromatic carbocycles. The van der Waals surface area contributed by atoms with Gasteiger partial charge < -0.3 is 5.32 Å². The van der Waals surface area contributed by atoms with E-state index in [4.69, 9.17) is 5.14 Å². The molecular weight excluding hydrogens is 332 g/mol. The van der Waals surface area contributed by atoms with Gasteiger partial charge in [0.2, 0.25) is 10.0 Å². The van der Waals surface area contributed by atoms with E-state index < -0.39 is 10.0 Å². The SMILES string of the molecule is Cc1nc(Nc2ccccn2)sc1-c1ccc(S(N)(=O)=O)cc1. The summed E-state index contributed by atoms with van der Waals surface area (Å²) in [5.41, 5.74) is 1.75. The number of aromatic nitrogens is 2. The van der Waals surface area contributed by atoms with Crippen molar-refractivity contribution in [2.45, 2.75) is 11.8 Å². The summed E-state index contributed by atoms with van der Waals surface area (Å²) in [5, 5.41) is 8.99. The van der Waals surface area contributed by atoms with Gasteiger partial charge in [0.15, 0.2) is 5.13 Å². The summed E-state index contributed by atoms with van der Waals surface area (Å²) < 4.78 is 22.6. The van der Waals surface area contributed by atoms with Crippen LogP contribution < -0.4 is 10.5 Å². The zero-order chi connectivity index (χ0) is 16.4. The van der Waals surface area contributed by atoms with Gasteiger partial charge in [0.1, 0.15) is 5.82 Å². The monoisotopic (exact) mass is 346 g/mol. The van der Waals surface area contributed by atoms with Crippen molar-refractivity contribution in [1.29, 1.82) is 0 Å². The van der Waals surface area contributed by atoms with Gasteiger partial charge in [0.25, 0.3) is 0 Å². The maximum Gasteiger partial charge on any atom is 0.238 e. The van der Waals surface area contributed by atoms with E-state index in [0.717, 1.165) is 27.1 Å². The fraction of sp³-hybridized carbons (Fsp3) is 0.0667. The van der Waals surface area contributed by atoms with E-state index >= 15 is 0 Å². The molecule has 3 rings (SSSR count). The van der Waals surface area contributed by atoms with Gasteiger partial charge in [-0.25, -0.2) is 23.5 Å². The average molecular weight is 346 g/mol. The highest BCUT2D eigenvalue weighted by Gasteiger charge is 2.12. The van der Waals surface area contributed by atoms with Crippen LogP contribution in [0, 0.1) is 6.92 Å². The number of hydrogen-bond donors (Lipinski definition) is 2. The minimum absolute atomic E-state index is 0.0928. The molecule has 0 unspecified atom stereocenters. The molecule has 118 valence electrons. The molecule has 0 fully saturated rings. The van der Waals surface area contributed by atoms with Gasteiger partial charge in [-0.05, 0) is 36.8 Å². The predicted octanol–water partition coefficient (Wildman–Crippen LogP) is 2.90. The molecule has 8 heteroatoms. The fourth-order valence-corrected chi connectivity index (χ4v) is 3.55. The highest BCUT2D eigenvalue weighted by molar-refractivity contribution is 7.89. The average Bonchev–Trinajstić information content (AvgIpc) is 2.88. The molecule has 0 saturated heterocycles. The summed E-state index contributed by atoms with van der Waals surface area (Å²) >= 11 is 1.48. The van der Waals surface area contributed by atoms with E-state index in [-0.39, 0.29) is 4.90 Å². The predicted molar refractivity (Wildman–Crippen MR) is 91.2 cm³/mol. The largest absolute Gasteiger partial charge is 0.316 e. The lowest BCUT2D eigenvalue weighted by Gasteiger charge is -2.01. The molecule has 23 heavy (non-hydrogen) atoms. The van der Waals surface area contributed by atoms with Crippen LogP contribution in [0.5, 0.6) is 0 Å². The number of rotatable bonds is 4. The molecule has 3 N–H and O–H groups in total. The maximum atomic E-state index is 11.3. The lowest BCUT2D eigenvalue weighted by atomic mass is 10.2. The van der Waals surface area contributed by atoms with E-state index in [9.17, 15) is 8.42 Å². The summed E-state index contributed by atoms with van der Waals surface area (Å²) in [6.07, 6.45) is 1.70. The van der Waals surface area contributed by atoms with Gasteiger partial charge >= 0.3 is 0 Å². The molecule has 0 aliphatic rings. The highest BCUT2D eigenvalue weighted by atomic mass is 32.2. The molecule has 0 aliphatic carbocycles. The van der Waals surface area contributed by atoms with Gasteiger partial charge in [0, 0.05) is 6.20 Å². The molecule has 0 atom stereocenters. The minimum atomic E-state index is -3.68. The number of aryl methyl sites for hydroxylation is 1. The van der Waals surface area contributed by atoms with Crippen molar-refractivity contribution in [2.24, 2.45) is 5.14 Å². The number of anilines is 2. The normalized spacial score (nSPS) is 11.4. The zero-order valence-corrected chi connectivity index (χ0v) is 13.9. The molecule has 2 heterocycles. The third-order valence-electron chi connectivity index (χ3n) is 3.14. The molecule has 3 aromatic rings. The van der Waals surface area contributed by atoms with Crippen LogP contribution in [0.2, 0.25) is 0 Å². The van der Waals surface area contributed by atoms with E-state index in [1.54, 1.807) is 18.3 Å². The summed E-state index contributed by atoms with van der Waals surface area (Å²) in [5.74, 6) is 0.720. The van der Waals surface area contributed by atoms with Crippen molar-refractivity contribution >= 4 is 32.3 Å². The topological polar surface area (TPSA) is 98.0 Å². The number of thiazole rings is 1.